The molecule has 0 saturated heterocycles. The number of nitrogens with zero attached hydrogens (tertiary/aromatic N) is 5. The van der Waals surface area contributed by atoms with Crippen molar-refractivity contribution in [2.45, 2.75) is 26.2 Å². The number of aryl methyl sites for hydroxylation is 1. The molecule has 0 N–H and O–H groups in total. The van der Waals surface area contributed by atoms with Crippen LogP contribution in [0.2, 0.25) is 0 Å². The Morgan fingerprint density at radius 3 is 2.48 bits per heavy atom. The highest BCUT2D eigenvalue weighted by Crippen LogP contribution is 2.38. The van der Waals surface area contributed by atoms with Crippen LogP contribution in [0.25, 0.3) is 0 Å². The zero-order valence-electron chi connectivity index (χ0n) is 19.8. The molecule has 0 amide bonds. The van der Waals surface area contributed by atoms with Crippen LogP contribution in [0.3, 0.4) is 0 Å². The Labute approximate surface area is 195 Å². The summed E-state index contributed by atoms with van der Waals surface area (Å²) in [6.07, 6.45) is 14.0. The average Bonchev–Trinajstić information content (AvgIpc) is 3.58. The third kappa shape index (κ3) is 4.40. The number of aliphatic imine (C=N–C) groups is 1. The molecule has 0 radical (unpaired) electrons. The summed E-state index contributed by atoms with van der Waals surface area (Å²) in [4.78, 5) is 14.1. The van der Waals surface area contributed by atoms with Crippen LogP contribution in [-0.2, 0) is 0 Å². The molecule has 1 aliphatic heterocycles. The number of benzene rings is 1. The van der Waals surface area contributed by atoms with Gasteiger partial charge in [0.15, 0.2) is 0 Å². The van der Waals surface area contributed by atoms with Gasteiger partial charge in [0, 0.05) is 55.6 Å². The third-order valence-corrected chi connectivity index (χ3v) is 6.43. The fourth-order valence-electron chi connectivity index (χ4n) is 4.42. The van der Waals surface area contributed by atoms with Gasteiger partial charge in [-0.25, -0.2) is 9.98 Å². The first-order chi connectivity index (χ1) is 16.1. The molecule has 2 heterocycles. The SMILES string of the molecule is COc1cc(OC)cc(N(CC2CC2)C2=CCC=C3C(=C2)N=C(n2ccnc2C)CN3C)c1. The van der Waals surface area contributed by atoms with E-state index >= 15 is 0 Å². The van der Waals surface area contributed by atoms with Gasteiger partial charge in [0.2, 0.25) is 0 Å². The summed E-state index contributed by atoms with van der Waals surface area (Å²) in [5.41, 5.74) is 4.37. The number of fused-ring (bicyclic) bond motifs is 1. The number of rotatable bonds is 6. The maximum atomic E-state index is 5.56. The first kappa shape index (κ1) is 21.4. The molecular formula is C26H31N5O2. The van der Waals surface area contributed by atoms with Gasteiger partial charge in [-0.2, -0.15) is 0 Å². The minimum atomic E-state index is 0.707. The summed E-state index contributed by atoms with van der Waals surface area (Å²) in [5, 5.41) is 0. The van der Waals surface area contributed by atoms with Gasteiger partial charge in [-0.15, -0.1) is 0 Å². The van der Waals surface area contributed by atoms with E-state index in [-0.39, 0.29) is 0 Å². The summed E-state index contributed by atoms with van der Waals surface area (Å²) in [6.45, 7) is 3.72. The van der Waals surface area contributed by atoms with Crippen LogP contribution in [0, 0.1) is 12.8 Å². The molecule has 5 rings (SSSR count). The van der Waals surface area contributed by atoms with Crippen molar-refractivity contribution in [1.29, 1.82) is 0 Å². The smallest absolute Gasteiger partial charge is 0.134 e. The maximum Gasteiger partial charge on any atom is 0.134 e. The van der Waals surface area contributed by atoms with Crippen molar-refractivity contribution in [1.82, 2.24) is 14.5 Å². The third-order valence-electron chi connectivity index (χ3n) is 6.43. The average molecular weight is 446 g/mol. The van der Waals surface area contributed by atoms with Crippen LogP contribution in [0.15, 0.2) is 70.9 Å². The highest BCUT2D eigenvalue weighted by Gasteiger charge is 2.28. The van der Waals surface area contributed by atoms with Crippen LogP contribution in [0.1, 0.15) is 25.1 Å². The molecule has 0 atom stereocenters. The van der Waals surface area contributed by atoms with Crippen LogP contribution in [-0.4, -0.2) is 54.6 Å². The lowest BCUT2D eigenvalue weighted by molar-refractivity contribution is 0.394. The number of allylic oxidation sites excluding steroid dienone is 3. The van der Waals surface area contributed by atoms with E-state index in [1.807, 2.05) is 25.4 Å². The number of aromatic nitrogens is 2. The minimum absolute atomic E-state index is 0.707. The Hall–Kier alpha value is -3.48. The monoisotopic (exact) mass is 445 g/mol. The van der Waals surface area contributed by atoms with Crippen LogP contribution >= 0.6 is 0 Å². The van der Waals surface area contributed by atoms with E-state index in [4.69, 9.17) is 14.5 Å². The first-order valence-electron chi connectivity index (χ1n) is 11.5. The second-order valence-electron chi connectivity index (χ2n) is 8.84. The Morgan fingerprint density at radius 2 is 1.85 bits per heavy atom. The van der Waals surface area contributed by atoms with E-state index in [0.29, 0.717) is 5.92 Å². The van der Waals surface area contributed by atoms with Gasteiger partial charge in [0.1, 0.15) is 23.2 Å². The molecule has 1 aromatic carbocycles. The number of hydrogen-bond acceptors (Lipinski definition) is 6. The number of hydrogen-bond donors (Lipinski definition) is 0. The Balaban J connectivity index is 1.56. The molecule has 0 bridgehead atoms. The quantitative estimate of drug-likeness (QED) is 0.661. The van der Waals surface area contributed by atoms with Crippen molar-refractivity contribution < 1.29 is 9.47 Å². The first-order valence-corrected chi connectivity index (χ1v) is 11.5. The normalized spacial score (nSPS) is 17.9. The summed E-state index contributed by atoms with van der Waals surface area (Å²) < 4.78 is 13.2. The van der Waals surface area contributed by atoms with Crippen molar-refractivity contribution in [2.75, 3.05) is 39.3 Å². The van der Waals surface area contributed by atoms with E-state index in [2.05, 4.69) is 56.8 Å². The van der Waals surface area contributed by atoms with Gasteiger partial charge in [0.05, 0.1) is 32.2 Å². The molecular weight excluding hydrogens is 414 g/mol. The molecule has 1 saturated carbocycles. The topological polar surface area (TPSA) is 55.1 Å². The fraction of sp³-hybridized carbons (Fsp3) is 0.385. The van der Waals surface area contributed by atoms with E-state index in [1.54, 1.807) is 14.2 Å². The lowest BCUT2D eigenvalue weighted by atomic mass is 10.1. The van der Waals surface area contributed by atoms with Crippen molar-refractivity contribution in [2.24, 2.45) is 10.9 Å². The molecule has 7 heteroatoms. The lowest BCUT2D eigenvalue weighted by Gasteiger charge is -2.30. The van der Waals surface area contributed by atoms with Crippen LogP contribution < -0.4 is 14.4 Å². The Kier molecular flexibility index (Phi) is 5.70. The summed E-state index contributed by atoms with van der Waals surface area (Å²) in [5.74, 6) is 4.21. The molecule has 3 aliphatic rings. The van der Waals surface area contributed by atoms with Crippen molar-refractivity contribution in [3.05, 3.63) is 71.7 Å². The van der Waals surface area contributed by atoms with E-state index < -0.39 is 0 Å². The second-order valence-corrected chi connectivity index (χ2v) is 8.84. The zero-order valence-corrected chi connectivity index (χ0v) is 19.8. The molecule has 2 aliphatic carbocycles. The van der Waals surface area contributed by atoms with Gasteiger partial charge in [-0.05, 0) is 38.2 Å². The highest BCUT2D eigenvalue weighted by molar-refractivity contribution is 5.89. The Bertz CT molecular complexity index is 1150. The molecule has 172 valence electrons. The van der Waals surface area contributed by atoms with Gasteiger partial charge in [-0.3, -0.25) is 4.57 Å². The summed E-state index contributed by atoms with van der Waals surface area (Å²) in [7, 11) is 5.51. The fourth-order valence-corrected chi connectivity index (χ4v) is 4.42. The molecule has 2 aromatic rings. The second kappa shape index (κ2) is 8.81. The predicted molar refractivity (Wildman–Crippen MR) is 131 cm³/mol. The van der Waals surface area contributed by atoms with E-state index in [1.165, 1.54) is 12.8 Å². The molecule has 1 fully saturated rings. The van der Waals surface area contributed by atoms with Crippen LogP contribution in [0.5, 0.6) is 11.5 Å². The van der Waals surface area contributed by atoms with Gasteiger partial charge >= 0.3 is 0 Å². The Morgan fingerprint density at radius 1 is 1.09 bits per heavy atom. The minimum Gasteiger partial charge on any atom is -0.497 e. The van der Waals surface area contributed by atoms with Crippen LogP contribution in [0.4, 0.5) is 5.69 Å². The highest BCUT2D eigenvalue weighted by atomic mass is 16.5. The molecule has 33 heavy (non-hydrogen) atoms. The molecule has 0 spiro atoms. The largest absolute Gasteiger partial charge is 0.497 e. The van der Waals surface area contributed by atoms with E-state index in [9.17, 15) is 0 Å². The predicted octanol–water partition coefficient (Wildman–Crippen LogP) is 4.37. The van der Waals surface area contributed by atoms with Gasteiger partial charge < -0.3 is 19.3 Å². The van der Waals surface area contributed by atoms with Crippen molar-refractivity contribution in [3.63, 3.8) is 0 Å². The number of imidazole rings is 1. The lowest BCUT2D eigenvalue weighted by Crippen LogP contribution is -2.34. The van der Waals surface area contributed by atoms with Gasteiger partial charge in [-0.1, -0.05) is 12.2 Å². The molecule has 7 nitrogen and oxygen atoms in total. The van der Waals surface area contributed by atoms with Crippen molar-refractivity contribution in [3.8, 4) is 11.5 Å². The van der Waals surface area contributed by atoms with Crippen molar-refractivity contribution >= 4 is 11.5 Å². The molecule has 0 unspecified atom stereocenters. The standard InChI is InChI=1S/C26H31N5O2/c1-18-27-10-11-30(18)26-17-29(2)25-7-5-6-20(14-24(25)28-26)31(16-19-8-9-19)21-12-22(32-3)15-23(13-21)33-4/h6-7,10-15,19H,5,8-9,16-17H2,1-4H3. The molecule has 1 aromatic heterocycles. The number of likely N-dealkylation sites (N-methyl/N-ethyl adjacent to an activating group) is 1. The summed E-state index contributed by atoms with van der Waals surface area (Å²) in [6, 6.07) is 6.08. The number of anilines is 1. The maximum absolute atomic E-state index is 5.56. The van der Waals surface area contributed by atoms with E-state index in [0.717, 1.165) is 65.4 Å². The number of methoxy groups -OCH3 is 2. The van der Waals surface area contributed by atoms with Gasteiger partial charge in [0.25, 0.3) is 0 Å². The zero-order chi connectivity index (χ0) is 22.9. The summed E-state index contributed by atoms with van der Waals surface area (Å²) >= 11 is 0. The number of ether oxygens (including phenoxy) is 2.